The van der Waals surface area contributed by atoms with E-state index in [0.29, 0.717) is 0 Å². The van der Waals surface area contributed by atoms with Crippen molar-refractivity contribution in [2.24, 2.45) is 0 Å². The average Bonchev–Trinajstić information content (AvgIpc) is 2.45. The first-order valence-electron chi connectivity index (χ1n) is 8.29. The highest BCUT2D eigenvalue weighted by Gasteiger charge is 1.97. The topological polar surface area (TPSA) is 0 Å². The lowest BCUT2D eigenvalue weighted by atomic mass is 10.0. The fraction of sp³-hybridized carbons (Fsp3) is 0.632. The van der Waals surface area contributed by atoms with E-state index >= 15 is 0 Å². The van der Waals surface area contributed by atoms with Crippen molar-refractivity contribution in [1.29, 1.82) is 0 Å². The molecule has 0 bridgehead atoms. The van der Waals surface area contributed by atoms with E-state index < -0.39 is 0 Å². The second-order valence-electron chi connectivity index (χ2n) is 5.61. The van der Waals surface area contributed by atoms with Gasteiger partial charge in [0.2, 0.25) is 0 Å². The normalized spacial score (nSPS) is 10.8. The SMILES string of the molecule is CCCCCC[CH]c1ccc(CCCCCC)cc1. The highest BCUT2D eigenvalue weighted by atomic mass is 14.0. The van der Waals surface area contributed by atoms with Crippen LogP contribution in [0, 0.1) is 6.42 Å². The number of hydrogen-bond donors (Lipinski definition) is 0. The van der Waals surface area contributed by atoms with Crippen LogP contribution in [0.25, 0.3) is 0 Å². The molecular formula is C19H31. The van der Waals surface area contributed by atoms with E-state index in [1.165, 1.54) is 75.3 Å². The second kappa shape index (κ2) is 11.1. The van der Waals surface area contributed by atoms with Gasteiger partial charge in [0.25, 0.3) is 0 Å². The van der Waals surface area contributed by atoms with Gasteiger partial charge in [-0.15, -0.1) is 0 Å². The zero-order valence-corrected chi connectivity index (χ0v) is 13.0. The minimum Gasteiger partial charge on any atom is -0.0654 e. The highest BCUT2D eigenvalue weighted by Crippen LogP contribution is 2.14. The number of hydrogen-bond acceptors (Lipinski definition) is 0. The molecule has 0 saturated heterocycles. The van der Waals surface area contributed by atoms with E-state index in [1.807, 2.05) is 0 Å². The summed E-state index contributed by atoms with van der Waals surface area (Å²) < 4.78 is 0. The first kappa shape index (κ1) is 16.3. The van der Waals surface area contributed by atoms with Crippen LogP contribution in [0.2, 0.25) is 0 Å². The molecule has 1 aromatic rings. The third-order valence-corrected chi connectivity index (χ3v) is 3.74. The van der Waals surface area contributed by atoms with Gasteiger partial charge < -0.3 is 0 Å². The Labute approximate surface area is 120 Å². The van der Waals surface area contributed by atoms with E-state index in [-0.39, 0.29) is 0 Å². The monoisotopic (exact) mass is 259 g/mol. The third kappa shape index (κ3) is 8.08. The van der Waals surface area contributed by atoms with E-state index in [4.69, 9.17) is 0 Å². The molecule has 0 amide bonds. The van der Waals surface area contributed by atoms with Crippen molar-refractivity contribution in [2.75, 3.05) is 0 Å². The van der Waals surface area contributed by atoms with Crippen LogP contribution in [0.15, 0.2) is 24.3 Å². The van der Waals surface area contributed by atoms with E-state index in [1.54, 1.807) is 0 Å². The summed E-state index contributed by atoms with van der Waals surface area (Å²) in [6.07, 6.45) is 15.7. The summed E-state index contributed by atoms with van der Waals surface area (Å²) in [5.74, 6) is 0. The van der Waals surface area contributed by atoms with Gasteiger partial charge in [-0.1, -0.05) is 83.1 Å². The summed E-state index contributed by atoms with van der Waals surface area (Å²) in [7, 11) is 0. The quantitative estimate of drug-likeness (QED) is 0.407. The minimum atomic E-state index is 1.23. The summed E-state index contributed by atoms with van der Waals surface area (Å²) in [4.78, 5) is 0. The number of benzene rings is 1. The van der Waals surface area contributed by atoms with Crippen molar-refractivity contribution in [3.05, 3.63) is 41.8 Å². The van der Waals surface area contributed by atoms with Crippen molar-refractivity contribution in [3.8, 4) is 0 Å². The molecule has 1 aromatic carbocycles. The van der Waals surface area contributed by atoms with Crippen LogP contribution < -0.4 is 0 Å². The van der Waals surface area contributed by atoms with Gasteiger partial charge in [-0.2, -0.15) is 0 Å². The van der Waals surface area contributed by atoms with Gasteiger partial charge in [0.05, 0.1) is 0 Å². The molecule has 0 spiro atoms. The van der Waals surface area contributed by atoms with Gasteiger partial charge in [-0.25, -0.2) is 0 Å². The van der Waals surface area contributed by atoms with Crippen molar-refractivity contribution in [1.82, 2.24) is 0 Å². The molecule has 0 nitrogen and oxygen atoms in total. The van der Waals surface area contributed by atoms with Crippen LogP contribution in [0.1, 0.15) is 82.8 Å². The van der Waals surface area contributed by atoms with Crippen LogP contribution in [0.4, 0.5) is 0 Å². The molecule has 0 saturated carbocycles. The van der Waals surface area contributed by atoms with Gasteiger partial charge >= 0.3 is 0 Å². The number of aryl methyl sites for hydroxylation is 1. The standard InChI is InChI=1S/C19H31/c1-3-5-7-9-11-13-19-16-14-18(15-17-19)12-10-8-6-4-2/h13-17H,3-12H2,1-2H3. The van der Waals surface area contributed by atoms with Crippen molar-refractivity contribution in [3.63, 3.8) is 0 Å². The van der Waals surface area contributed by atoms with E-state index in [9.17, 15) is 0 Å². The lowest BCUT2D eigenvalue weighted by Gasteiger charge is -2.04. The molecular weight excluding hydrogens is 228 g/mol. The third-order valence-electron chi connectivity index (χ3n) is 3.74. The Morgan fingerprint density at radius 3 is 2.00 bits per heavy atom. The van der Waals surface area contributed by atoms with Crippen molar-refractivity contribution < 1.29 is 0 Å². The summed E-state index contributed by atoms with van der Waals surface area (Å²) in [5.41, 5.74) is 2.90. The average molecular weight is 259 g/mol. The Kier molecular flexibility index (Phi) is 9.49. The van der Waals surface area contributed by atoms with Crippen LogP contribution >= 0.6 is 0 Å². The number of rotatable bonds is 11. The predicted molar refractivity (Wildman–Crippen MR) is 86.4 cm³/mol. The maximum absolute atomic E-state index is 2.39. The first-order valence-corrected chi connectivity index (χ1v) is 8.29. The van der Waals surface area contributed by atoms with Crippen LogP contribution in [0.5, 0.6) is 0 Å². The zero-order valence-electron chi connectivity index (χ0n) is 13.0. The van der Waals surface area contributed by atoms with Gasteiger partial charge in [-0.3, -0.25) is 0 Å². The Morgan fingerprint density at radius 2 is 1.37 bits per heavy atom. The second-order valence-corrected chi connectivity index (χ2v) is 5.61. The molecule has 0 heterocycles. The van der Waals surface area contributed by atoms with Gasteiger partial charge in [0.1, 0.15) is 0 Å². The Balaban J connectivity index is 2.16. The number of unbranched alkanes of at least 4 members (excludes halogenated alkanes) is 7. The molecule has 0 atom stereocenters. The zero-order chi connectivity index (χ0) is 13.8. The minimum absolute atomic E-state index is 1.23. The fourth-order valence-corrected chi connectivity index (χ4v) is 2.42. The highest BCUT2D eigenvalue weighted by molar-refractivity contribution is 5.27. The lowest BCUT2D eigenvalue weighted by Crippen LogP contribution is -1.88. The molecule has 0 unspecified atom stereocenters. The van der Waals surface area contributed by atoms with E-state index in [2.05, 4.69) is 44.5 Å². The molecule has 19 heavy (non-hydrogen) atoms. The Morgan fingerprint density at radius 1 is 0.737 bits per heavy atom. The van der Waals surface area contributed by atoms with Gasteiger partial charge in [0.15, 0.2) is 0 Å². The summed E-state index contributed by atoms with van der Waals surface area (Å²) in [5, 5.41) is 0. The summed E-state index contributed by atoms with van der Waals surface area (Å²) in [6, 6.07) is 9.19. The molecule has 0 aromatic heterocycles. The maximum Gasteiger partial charge on any atom is -0.00931 e. The van der Waals surface area contributed by atoms with E-state index in [0.717, 1.165) is 0 Å². The fourth-order valence-electron chi connectivity index (χ4n) is 2.42. The molecule has 0 N–H and O–H groups in total. The van der Waals surface area contributed by atoms with Crippen molar-refractivity contribution >= 4 is 0 Å². The van der Waals surface area contributed by atoms with Crippen molar-refractivity contribution in [2.45, 2.75) is 78.1 Å². The summed E-state index contributed by atoms with van der Waals surface area (Å²) >= 11 is 0. The smallest absolute Gasteiger partial charge is 0.00931 e. The lowest BCUT2D eigenvalue weighted by molar-refractivity contribution is 0.664. The molecule has 107 valence electrons. The molecule has 0 aliphatic rings. The molecule has 0 fully saturated rings. The molecule has 1 radical (unpaired) electrons. The molecule has 0 aliphatic carbocycles. The van der Waals surface area contributed by atoms with Gasteiger partial charge in [0, 0.05) is 0 Å². The molecule has 0 heteroatoms. The summed E-state index contributed by atoms with van der Waals surface area (Å²) in [6.45, 7) is 4.54. The van der Waals surface area contributed by atoms with Crippen LogP contribution in [-0.4, -0.2) is 0 Å². The maximum atomic E-state index is 2.39. The largest absolute Gasteiger partial charge is 0.0654 e. The first-order chi connectivity index (χ1) is 9.36. The predicted octanol–water partition coefficient (Wildman–Crippen LogP) is 6.33. The van der Waals surface area contributed by atoms with Crippen LogP contribution in [0.3, 0.4) is 0 Å². The Hall–Kier alpha value is -0.780. The molecule has 0 aliphatic heterocycles. The Bertz CT molecular complexity index is 296. The van der Waals surface area contributed by atoms with Crippen LogP contribution in [-0.2, 0) is 6.42 Å². The van der Waals surface area contributed by atoms with Gasteiger partial charge in [-0.05, 0) is 36.8 Å². The molecule has 1 rings (SSSR count).